The molecule has 1 N–H and O–H groups in total. The lowest BCUT2D eigenvalue weighted by molar-refractivity contribution is 0.184. The second kappa shape index (κ2) is 6.55. The van der Waals surface area contributed by atoms with E-state index in [1.807, 2.05) is 0 Å². The Labute approximate surface area is 119 Å². The highest BCUT2D eigenvalue weighted by molar-refractivity contribution is 7.88. The molecule has 0 bridgehead atoms. The van der Waals surface area contributed by atoms with E-state index in [4.69, 9.17) is 0 Å². The Bertz CT molecular complexity index is 377. The molecule has 1 fully saturated rings. The quantitative estimate of drug-likeness (QED) is 0.815. The minimum absolute atomic E-state index is 0.218. The van der Waals surface area contributed by atoms with Crippen molar-refractivity contribution in [3.8, 4) is 0 Å². The van der Waals surface area contributed by atoms with Gasteiger partial charge in [0, 0.05) is 25.7 Å². The average molecular weight is 290 g/mol. The van der Waals surface area contributed by atoms with Crippen LogP contribution >= 0.6 is 0 Å². The van der Waals surface area contributed by atoms with Crippen molar-refractivity contribution in [3.63, 3.8) is 0 Å². The van der Waals surface area contributed by atoms with Gasteiger partial charge in [0.1, 0.15) is 0 Å². The fourth-order valence-corrected chi connectivity index (χ4v) is 3.77. The molecule has 0 aliphatic carbocycles. The SMILES string of the molecule is CC(C)NCC(C)(C)CC1CCCN(S(C)(=O)=O)C1. The maximum Gasteiger partial charge on any atom is 0.211 e. The van der Waals surface area contributed by atoms with Crippen LogP contribution in [0.25, 0.3) is 0 Å². The number of rotatable bonds is 6. The Hall–Kier alpha value is -0.130. The molecular weight excluding hydrogens is 260 g/mol. The zero-order valence-electron chi connectivity index (χ0n) is 13.1. The molecule has 0 spiro atoms. The Morgan fingerprint density at radius 1 is 1.37 bits per heavy atom. The van der Waals surface area contributed by atoms with Gasteiger partial charge in [-0.25, -0.2) is 12.7 Å². The monoisotopic (exact) mass is 290 g/mol. The van der Waals surface area contributed by atoms with E-state index in [1.54, 1.807) is 4.31 Å². The lowest BCUT2D eigenvalue weighted by atomic mass is 9.80. The molecule has 5 heteroatoms. The molecule has 1 aliphatic rings. The summed E-state index contributed by atoms with van der Waals surface area (Å²) in [5, 5.41) is 3.48. The molecule has 1 saturated heterocycles. The predicted octanol–water partition coefficient (Wildman–Crippen LogP) is 2.07. The molecule has 1 unspecified atom stereocenters. The van der Waals surface area contributed by atoms with E-state index < -0.39 is 10.0 Å². The maximum atomic E-state index is 11.6. The van der Waals surface area contributed by atoms with Crippen LogP contribution in [0, 0.1) is 11.3 Å². The summed E-state index contributed by atoms with van der Waals surface area (Å²) in [6, 6.07) is 0.498. The van der Waals surface area contributed by atoms with Crippen molar-refractivity contribution < 1.29 is 8.42 Å². The minimum Gasteiger partial charge on any atom is -0.314 e. The first kappa shape index (κ1) is 16.9. The first-order valence-electron chi connectivity index (χ1n) is 7.29. The summed E-state index contributed by atoms with van der Waals surface area (Å²) in [4.78, 5) is 0. The second-order valence-corrected chi connectivity index (χ2v) is 9.02. The molecule has 0 amide bonds. The highest BCUT2D eigenvalue weighted by atomic mass is 32.2. The van der Waals surface area contributed by atoms with Crippen LogP contribution in [0.2, 0.25) is 0 Å². The van der Waals surface area contributed by atoms with Crippen molar-refractivity contribution in [1.29, 1.82) is 0 Å². The summed E-state index contributed by atoms with van der Waals surface area (Å²) in [5.74, 6) is 0.493. The summed E-state index contributed by atoms with van der Waals surface area (Å²) in [6.07, 6.45) is 4.54. The van der Waals surface area contributed by atoms with Crippen LogP contribution in [0.5, 0.6) is 0 Å². The van der Waals surface area contributed by atoms with Gasteiger partial charge in [-0.2, -0.15) is 0 Å². The van der Waals surface area contributed by atoms with Gasteiger partial charge in [-0.1, -0.05) is 27.7 Å². The Balaban J connectivity index is 2.52. The molecule has 0 aromatic heterocycles. The van der Waals surface area contributed by atoms with E-state index in [2.05, 4.69) is 33.0 Å². The minimum atomic E-state index is -3.02. The Morgan fingerprint density at radius 3 is 2.53 bits per heavy atom. The fraction of sp³-hybridized carbons (Fsp3) is 1.00. The molecule has 4 nitrogen and oxygen atoms in total. The van der Waals surface area contributed by atoms with Crippen LogP contribution in [0.15, 0.2) is 0 Å². The third-order valence-electron chi connectivity index (χ3n) is 3.78. The number of sulfonamides is 1. The zero-order chi connectivity index (χ0) is 14.7. The third kappa shape index (κ3) is 6.23. The predicted molar refractivity (Wildman–Crippen MR) is 80.7 cm³/mol. The molecule has 1 atom stereocenters. The van der Waals surface area contributed by atoms with Crippen LogP contribution in [0.4, 0.5) is 0 Å². The molecule has 0 radical (unpaired) electrons. The summed E-state index contributed by atoms with van der Waals surface area (Å²) < 4.78 is 24.9. The van der Waals surface area contributed by atoms with Crippen molar-refractivity contribution in [2.45, 2.75) is 53.0 Å². The van der Waals surface area contributed by atoms with Gasteiger partial charge in [0.25, 0.3) is 0 Å². The molecular formula is C14H30N2O2S. The van der Waals surface area contributed by atoms with E-state index in [1.165, 1.54) is 6.26 Å². The lowest BCUT2D eigenvalue weighted by Crippen LogP contribution is -2.42. The standard InChI is InChI=1S/C14H30N2O2S/c1-12(2)15-11-14(3,4)9-13-7-6-8-16(10-13)19(5,17)18/h12-13,15H,6-11H2,1-5H3. The summed E-state index contributed by atoms with van der Waals surface area (Å²) in [5.41, 5.74) is 0.218. The molecule has 1 rings (SSSR count). The van der Waals surface area contributed by atoms with Gasteiger partial charge in [-0.15, -0.1) is 0 Å². The summed E-state index contributed by atoms with van der Waals surface area (Å²) in [6.45, 7) is 11.2. The molecule has 0 aromatic carbocycles. The highest BCUT2D eigenvalue weighted by Gasteiger charge is 2.30. The zero-order valence-corrected chi connectivity index (χ0v) is 13.9. The molecule has 1 heterocycles. The highest BCUT2D eigenvalue weighted by Crippen LogP contribution is 2.31. The topological polar surface area (TPSA) is 49.4 Å². The van der Waals surface area contributed by atoms with Gasteiger partial charge in [0.05, 0.1) is 6.26 Å². The summed E-state index contributed by atoms with van der Waals surface area (Å²) in [7, 11) is -3.02. The van der Waals surface area contributed by atoms with Crippen LogP contribution in [0.3, 0.4) is 0 Å². The van der Waals surface area contributed by atoms with Crippen molar-refractivity contribution in [3.05, 3.63) is 0 Å². The Kier molecular flexibility index (Phi) is 5.83. The fourth-order valence-electron chi connectivity index (χ4n) is 2.83. The number of hydrogen-bond acceptors (Lipinski definition) is 3. The normalized spacial score (nSPS) is 22.9. The summed E-state index contributed by atoms with van der Waals surface area (Å²) >= 11 is 0. The maximum absolute atomic E-state index is 11.6. The first-order chi connectivity index (χ1) is 8.60. The molecule has 114 valence electrons. The number of hydrogen-bond donors (Lipinski definition) is 1. The lowest BCUT2D eigenvalue weighted by Gasteiger charge is -2.36. The number of nitrogens with one attached hydrogen (secondary N) is 1. The van der Waals surface area contributed by atoms with Gasteiger partial charge < -0.3 is 5.32 Å². The van der Waals surface area contributed by atoms with E-state index >= 15 is 0 Å². The number of nitrogens with zero attached hydrogens (tertiary/aromatic N) is 1. The van der Waals surface area contributed by atoms with Crippen molar-refractivity contribution in [2.24, 2.45) is 11.3 Å². The van der Waals surface area contributed by atoms with E-state index in [0.29, 0.717) is 25.0 Å². The second-order valence-electron chi connectivity index (χ2n) is 7.03. The van der Waals surface area contributed by atoms with Crippen LogP contribution < -0.4 is 5.32 Å². The molecule has 1 aliphatic heterocycles. The van der Waals surface area contributed by atoms with Gasteiger partial charge >= 0.3 is 0 Å². The van der Waals surface area contributed by atoms with Crippen LogP contribution in [-0.2, 0) is 10.0 Å². The van der Waals surface area contributed by atoms with E-state index in [-0.39, 0.29) is 5.41 Å². The van der Waals surface area contributed by atoms with Gasteiger partial charge in [-0.3, -0.25) is 0 Å². The van der Waals surface area contributed by atoms with E-state index in [9.17, 15) is 8.42 Å². The van der Waals surface area contributed by atoms with Crippen molar-refractivity contribution >= 4 is 10.0 Å². The van der Waals surface area contributed by atoms with Crippen LogP contribution in [0.1, 0.15) is 47.0 Å². The van der Waals surface area contributed by atoms with E-state index in [0.717, 1.165) is 25.8 Å². The average Bonchev–Trinajstić information content (AvgIpc) is 2.25. The molecule has 0 aromatic rings. The van der Waals surface area contributed by atoms with Gasteiger partial charge in [0.15, 0.2) is 0 Å². The van der Waals surface area contributed by atoms with Crippen molar-refractivity contribution in [1.82, 2.24) is 9.62 Å². The molecule has 19 heavy (non-hydrogen) atoms. The van der Waals surface area contributed by atoms with Gasteiger partial charge in [0.2, 0.25) is 10.0 Å². The Morgan fingerprint density at radius 2 is 2.00 bits per heavy atom. The first-order valence-corrected chi connectivity index (χ1v) is 9.13. The van der Waals surface area contributed by atoms with Crippen LogP contribution in [-0.4, -0.2) is 44.7 Å². The number of piperidine rings is 1. The van der Waals surface area contributed by atoms with Gasteiger partial charge in [-0.05, 0) is 30.6 Å². The smallest absolute Gasteiger partial charge is 0.211 e. The third-order valence-corrected chi connectivity index (χ3v) is 5.05. The molecule has 0 saturated carbocycles. The van der Waals surface area contributed by atoms with Crippen molar-refractivity contribution in [2.75, 3.05) is 25.9 Å². The largest absolute Gasteiger partial charge is 0.314 e.